The van der Waals surface area contributed by atoms with Gasteiger partial charge < -0.3 is 4.57 Å². The lowest BCUT2D eigenvalue weighted by molar-refractivity contribution is 0.589. The van der Waals surface area contributed by atoms with Gasteiger partial charge in [0, 0.05) is 35.5 Å². The van der Waals surface area contributed by atoms with Crippen molar-refractivity contribution in [2.24, 2.45) is 7.05 Å². The van der Waals surface area contributed by atoms with Crippen LogP contribution in [0.2, 0.25) is 0 Å². The topological polar surface area (TPSA) is 86.8 Å². The van der Waals surface area contributed by atoms with E-state index in [0.717, 1.165) is 9.54 Å². The van der Waals surface area contributed by atoms with Crippen LogP contribution in [0.5, 0.6) is 0 Å². The fourth-order valence-electron chi connectivity index (χ4n) is 2.99. The summed E-state index contributed by atoms with van der Waals surface area (Å²) < 4.78 is 30.0. The zero-order valence-electron chi connectivity index (χ0n) is 15.0. The SMILES string of the molecule is Cc1ccc(S(=O)(=O)n2c(-c3ncccn3)cc3c(Br)cn(C)c(=O)c32)cc1. The van der Waals surface area contributed by atoms with Gasteiger partial charge in [0.2, 0.25) is 0 Å². The first kappa shape index (κ1) is 18.6. The predicted octanol–water partition coefficient (Wildman–Crippen LogP) is 3.10. The molecule has 0 saturated carbocycles. The summed E-state index contributed by atoms with van der Waals surface area (Å²) >= 11 is 3.43. The minimum absolute atomic E-state index is 0.0416. The van der Waals surface area contributed by atoms with Crippen LogP contribution >= 0.6 is 15.9 Å². The third-order valence-corrected chi connectivity index (χ3v) is 6.76. The van der Waals surface area contributed by atoms with E-state index in [-0.39, 0.29) is 21.9 Å². The van der Waals surface area contributed by atoms with Gasteiger partial charge in [0.1, 0.15) is 11.2 Å². The van der Waals surface area contributed by atoms with Gasteiger partial charge in [-0.1, -0.05) is 17.7 Å². The number of hydrogen-bond donors (Lipinski definition) is 0. The van der Waals surface area contributed by atoms with Crippen molar-refractivity contribution in [2.45, 2.75) is 11.8 Å². The summed E-state index contributed by atoms with van der Waals surface area (Å²) in [6, 6.07) is 9.72. The van der Waals surface area contributed by atoms with Gasteiger partial charge in [0.25, 0.3) is 15.6 Å². The van der Waals surface area contributed by atoms with E-state index in [9.17, 15) is 13.2 Å². The molecular weight excluding hydrogens is 444 g/mol. The van der Waals surface area contributed by atoms with Crippen LogP contribution < -0.4 is 5.56 Å². The second-order valence-corrected chi connectivity index (χ2v) is 8.98. The summed E-state index contributed by atoms with van der Waals surface area (Å²) in [5.74, 6) is 0.211. The molecule has 9 heteroatoms. The molecule has 4 rings (SSSR count). The molecule has 0 aliphatic heterocycles. The predicted molar refractivity (Wildman–Crippen MR) is 110 cm³/mol. The lowest BCUT2D eigenvalue weighted by atomic mass is 10.2. The quantitative estimate of drug-likeness (QED) is 0.470. The summed E-state index contributed by atoms with van der Waals surface area (Å²) in [5.41, 5.74) is 0.762. The highest BCUT2D eigenvalue weighted by atomic mass is 79.9. The summed E-state index contributed by atoms with van der Waals surface area (Å²) in [7, 11) is -2.50. The fraction of sp³-hybridized carbons (Fsp3) is 0.105. The van der Waals surface area contributed by atoms with E-state index in [1.807, 2.05) is 6.92 Å². The van der Waals surface area contributed by atoms with Crippen LogP contribution in [0.4, 0.5) is 0 Å². The van der Waals surface area contributed by atoms with Crippen molar-refractivity contribution >= 4 is 36.9 Å². The van der Waals surface area contributed by atoms with Crippen molar-refractivity contribution in [3.05, 3.63) is 75.4 Å². The number of halogens is 1. The van der Waals surface area contributed by atoms with Crippen molar-refractivity contribution < 1.29 is 8.42 Å². The van der Waals surface area contributed by atoms with Crippen LogP contribution in [-0.2, 0) is 17.1 Å². The molecule has 0 fully saturated rings. The molecule has 0 radical (unpaired) electrons. The molecule has 1 aromatic carbocycles. The average molecular weight is 459 g/mol. The Hall–Kier alpha value is -2.78. The van der Waals surface area contributed by atoms with Gasteiger partial charge in [-0.2, -0.15) is 0 Å². The van der Waals surface area contributed by atoms with Crippen LogP contribution in [0.15, 0.2) is 69.2 Å². The van der Waals surface area contributed by atoms with E-state index in [1.54, 1.807) is 37.5 Å². The Labute approximate surface area is 169 Å². The minimum Gasteiger partial charge on any atom is -0.316 e. The molecule has 0 spiro atoms. The molecule has 7 nitrogen and oxygen atoms in total. The van der Waals surface area contributed by atoms with Gasteiger partial charge in [-0.25, -0.2) is 22.4 Å². The van der Waals surface area contributed by atoms with Crippen LogP contribution in [0.25, 0.3) is 22.4 Å². The highest BCUT2D eigenvalue weighted by Gasteiger charge is 2.28. The minimum atomic E-state index is -4.07. The largest absolute Gasteiger partial charge is 0.316 e. The molecule has 4 aromatic rings. The van der Waals surface area contributed by atoms with Gasteiger partial charge in [-0.3, -0.25) is 4.79 Å². The van der Waals surface area contributed by atoms with Crippen molar-refractivity contribution in [2.75, 3.05) is 0 Å². The van der Waals surface area contributed by atoms with Gasteiger partial charge in [-0.15, -0.1) is 0 Å². The van der Waals surface area contributed by atoms with Gasteiger partial charge >= 0.3 is 0 Å². The maximum Gasteiger partial charge on any atom is 0.275 e. The van der Waals surface area contributed by atoms with Crippen LogP contribution in [-0.4, -0.2) is 26.9 Å². The van der Waals surface area contributed by atoms with Crippen molar-refractivity contribution in [1.29, 1.82) is 0 Å². The fourth-order valence-corrected chi connectivity index (χ4v) is 5.11. The Morgan fingerprint density at radius 3 is 2.36 bits per heavy atom. The molecule has 28 heavy (non-hydrogen) atoms. The third-order valence-electron chi connectivity index (χ3n) is 4.40. The monoisotopic (exact) mass is 458 g/mol. The van der Waals surface area contributed by atoms with Gasteiger partial charge in [0.15, 0.2) is 5.82 Å². The number of aryl methyl sites for hydroxylation is 2. The third kappa shape index (κ3) is 2.87. The molecule has 142 valence electrons. The summed E-state index contributed by atoms with van der Waals surface area (Å²) in [6.07, 6.45) is 4.65. The molecule has 0 N–H and O–H groups in total. The van der Waals surface area contributed by atoms with E-state index >= 15 is 0 Å². The number of nitrogens with zero attached hydrogens (tertiary/aromatic N) is 4. The second kappa shape index (κ2) is 6.68. The van der Waals surface area contributed by atoms with Crippen molar-refractivity contribution in [1.82, 2.24) is 18.5 Å². The number of rotatable bonds is 3. The molecule has 0 atom stereocenters. The highest BCUT2D eigenvalue weighted by molar-refractivity contribution is 9.10. The van der Waals surface area contributed by atoms with E-state index in [2.05, 4.69) is 25.9 Å². The molecule has 0 aliphatic carbocycles. The smallest absolute Gasteiger partial charge is 0.275 e. The van der Waals surface area contributed by atoms with E-state index in [0.29, 0.717) is 9.86 Å². The van der Waals surface area contributed by atoms with E-state index in [1.165, 1.54) is 29.1 Å². The van der Waals surface area contributed by atoms with Crippen LogP contribution in [0, 0.1) is 6.92 Å². The molecule has 0 saturated heterocycles. The summed E-state index contributed by atoms with van der Waals surface area (Å²) in [5, 5.41) is 0.473. The second-order valence-electron chi connectivity index (χ2n) is 6.34. The maximum absolute atomic E-state index is 13.5. The molecular formula is C19H15BrN4O3S. The van der Waals surface area contributed by atoms with E-state index in [4.69, 9.17) is 0 Å². The average Bonchev–Trinajstić information content (AvgIpc) is 3.09. The first-order valence-corrected chi connectivity index (χ1v) is 10.5. The lowest BCUT2D eigenvalue weighted by Crippen LogP contribution is -2.23. The number of benzene rings is 1. The first-order chi connectivity index (χ1) is 13.3. The summed E-state index contributed by atoms with van der Waals surface area (Å²) in [6.45, 7) is 1.87. The molecule has 3 aromatic heterocycles. The standard InChI is InChI=1S/C19H15BrN4O3S/c1-12-4-6-13(7-5-12)28(26,27)24-16(18-21-8-3-9-22-18)10-14-15(20)11-23(2)19(25)17(14)24/h3-11H,1-2H3. The Morgan fingerprint density at radius 2 is 1.71 bits per heavy atom. The van der Waals surface area contributed by atoms with Crippen molar-refractivity contribution in [3.8, 4) is 11.5 Å². The highest BCUT2D eigenvalue weighted by Crippen LogP contribution is 2.32. The molecule has 0 aliphatic rings. The molecule has 0 unspecified atom stereocenters. The Morgan fingerprint density at radius 1 is 1.07 bits per heavy atom. The molecule has 0 amide bonds. The van der Waals surface area contributed by atoms with Gasteiger partial charge in [-0.05, 0) is 47.1 Å². The zero-order valence-corrected chi connectivity index (χ0v) is 17.4. The first-order valence-electron chi connectivity index (χ1n) is 8.31. The van der Waals surface area contributed by atoms with Crippen molar-refractivity contribution in [3.63, 3.8) is 0 Å². The Kier molecular flexibility index (Phi) is 4.43. The number of pyridine rings is 1. The lowest BCUT2D eigenvalue weighted by Gasteiger charge is -2.12. The normalized spacial score (nSPS) is 11.8. The zero-order chi connectivity index (χ0) is 20.1. The number of hydrogen-bond acceptors (Lipinski definition) is 5. The Bertz CT molecular complexity index is 1360. The Balaban J connectivity index is 2.17. The van der Waals surface area contributed by atoms with E-state index < -0.39 is 15.6 Å². The summed E-state index contributed by atoms with van der Waals surface area (Å²) in [4.78, 5) is 21.3. The molecule has 0 bridgehead atoms. The van der Waals surface area contributed by atoms with Gasteiger partial charge in [0.05, 0.1) is 4.90 Å². The number of fused-ring (bicyclic) bond motifs is 1. The molecule has 3 heterocycles. The van der Waals surface area contributed by atoms with Crippen LogP contribution in [0.1, 0.15) is 5.56 Å². The maximum atomic E-state index is 13.5. The van der Waals surface area contributed by atoms with Crippen LogP contribution in [0.3, 0.4) is 0 Å². The number of aromatic nitrogens is 4.